The van der Waals surface area contributed by atoms with E-state index in [4.69, 9.17) is 14.6 Å². The first-order chi connectivity index (χ1) is 11.0. The number of rotatable bonds is 7. The van der Waals surface area contributed by atoms with E-state index in [-0.39, 0.29) is 12.3 Å². The van der Waals surface area contributed by atoms with Gasteiger partial charge in [0.1, 0.15) is 5.75 Å². The molecule has 0 aliphatic heterocycles. The molecule has 0 unspecified atom stereocenters. The van der Waals surface area contributed by atoms with Crippen molar-refractivity contribution in [3.63, 3.8) is 0 Å². The highest BCUT2D eigenvalue weighted by atomic mass is 16.5. The van der Waals surface area contributed by atoms with Gasteiger partial charge in [-0.15, -0.1) is 0 Å². The van der Waals surface area contributed by atoms with Crippen LogP contribution in [0.5, 0.6) is 11.6 Å². The molecule has 6 nitrogen and oxygen atoms in total. The highest BCUT2D eigenvalue weighted by Gasteiger charge is 2.22. The quantitative estimate of drug-likeness (QED) is 0.849. The van der Waals surface area contributed by atoms with Crippen molar-refractivity contribution in [3.05, 3.63) is 35.5 Å². The van der Waals surface area contributed by atoms with Crippen LogP contribution in [0.1, 0.15) is 37.4 Å². The third kappa shape index (κ3) is 3.64. The van der Waals surface area contributed by atoms with Crippen LogP contribution in [-0.2, 0) is 11.2 Å². The van der Waals surface area contributed by atoms with Gasteiger partial charge in [-0.3, -0.25) is 4.79 Å². The molecular formula is C17H22N2O4. The number of ether oxygens (including phenoxy) is 2. The number of methoxy groups -OCH3 is 2. The van der Waals surface area contributed by atoms with Crippen molar-refractivity contribution in [1.82, 2.24) is 9.78 Å². The molecule has 0 saturated carbocycles. The Labute approximate surface area is 135 Å². The Morgan fingerprint density at radius 3 is 2.35 bits per heavy atom. The molecule has 1 aromatic heterocycles. The van der Waals surface area contributed by atoms with E-state index in [2.05, 4.69) is 5.10 Å². The van der Waals surface area contributed by atoms with Crippen LogP contribution in [0.15, 0.2) is 24.3 Å². The van der Waals surface area contributed by atoms with Crippen molar-refractivity contribution >= 4 is 5.97 Å². The number of carboxylic acid groups (broad SMARTS) is 1. The summed E-state index contributed by atoms with van der Waals surface area (Å²) in [6, 6.07) is 7.48. The molecule has 0 amide bonds. The molecule has 0 aliphatic carbocycles. The van der Waals surface area contributed by atoms with E-state index in [0.717, 1.165) is 22.7 Å². The first kappa shape index (κ1) is 16.9. The number of aromatic nitrogens is 2. The van der Waals surface area contributed by atoms with Crippen LogP contribution in [0, 0.1) is 0 Å². The van der Waals surface area contributed by atoms with Crippen molar-refractivity contribution in [3.8, 4) is 17.3 Å². The van der Waals surface area contributed by atoms with Crippen molar-refractivity contribution in [1.29, 1.82) is 0 Å². The minimum absolute atomic E-state index is 0.0460. The molecule has 124 valence electrons. The van der Waals surface area contributed by atoms with Gasteiger partial charge in [0, 0.05) is 12.0 Å². The lowest BCUT2D eigenvalue weighted by molar-refractivity contribution is -0.136. The maximum absolute atomic E-state index is 10.9. The molecular weight excluding hydrogens is 296 g/mol. The van der Waals surface area contributed by atoms with Crippen LogP contribution in [0.3, 0.4) is 0 Å². The molecule has 0 spiro atoms. The summed E-state index contributed by atoms with van der Waals surface area (Å²) in [6.07, 6.45) is 0.437. The van der Waals surface area contributed by atoms with E-state index in [1.165, 1.54) is 0 Å². The van der Waals surface area contributed by atoms with Gasteiger partial charge in [0.05, 0.1) is 25.6 Å². The lowest BCUT2D eigenvalue weighted by Crippen LogP contribution is -2.02. The fourth-order valence-corrected chi connectivity index (χ4v) is 2.49. The number of aliphatic carboxylic acids is 1. The van der Waals surface area contributed by atoms with Gasteiger partial charge < -0.3 is 14.6 Å². The molecule has 0 bridgehead atoms. The highest BCUT2D eigenvalue weighted by molar-refractivity contribution is 5.67. The molecule has 1 heterocycles. The number of carbonyl (C=O) groups is 1. The summed E-state index contributed by atoms with van der Waals surface area (Å²) >= 11 is 0. The van der Waals surface area contributed by atoms with E-state index < -0.39 is 5.97 Å². The van der Waals surface area contributed by atoms with Crippen LogP contribution >= 0.6 is 0 Å². The van der Waals surface area contributed by atoms with Crippen LogP contribution in [-0.4, -0.2) is 35.1 Å². The van der Waals surface area contributed by atoms with E-state index in [1.54, 1.807) is 18.9 Å². The number of nitrogens with zero attached hydrogens (tertiary/aromatic N) is 2. The Morgan fingerprint density at radius 1 is 1.22 bits per heavy atom. The molecule has 0 atom stereocenters. The standard InChI is InChI=1S/C17H22N2O4/c1-11(2)16-14(9-10-15(20)21)17(23-4)19(18-16)12-5-7-13(22-3)8-6-12/h5-8,11H,9-10H2,1-4H3,(H,20,21). The van der Waals surface area contributed by atoms with Gasteiger partial charge in [0.15, 0.2) is 0 Å². The molecule has 0 saturated heterocycles. The molecule has 1 N–H and O–H groups in total. The Hall–Kier alpha value is -2.50. The lowest BCUT2D eigenvalue weighted by atomic mass is 10.0. The summed E-state index contributed by atoms with van der Waals surface area (Å²) < 4.78 is 12.4. The van der Waals surface area contributed by atoms with E-state index >= 15 is 0 Å². The van der Waals surface area contributed by atoms with Gasteiger partial charge in [0.2, 0.25) is 5.88 Å². The predicted octanol–water partition coefficient (Wildman–Crippen LogP) is 3.03. The second-order valence-electron chi connectivity index (χ2n) is 5.53. The van der Waals surface area contributed by atoms with E-state index in [1.807, 2.05) is 38.1 Å². The third-order valence-electron chi connectivity index (χ3n) is 3.61. The second kappa shape index (κ2) is 7.17. The average Bonchev–Trinajstić information content (AvgIpc) is 2.91. The summed E-state index contributed by atoms with van der Waals surface area (Å²) in [6.45, 7) is 4.06. The molecule has 0 radical (unpaired) electrons. The van der Waals surface area contributed by atoms with Gasteiger partial charge in [0.25, 0.3) is 0 Å². The van der Waals surface area contributed by atoms with E-state index in [9.17, 15) is 4.79 Å². The number of hydrogen-bond donors (Lipinski definition) is 1. The molecule has 23 heavy (non-hydrogen) atoms. The SMILES string of the molecule is COc1ccc(-n2nc(C(C)C)c(CCC(=O)O)c2OC)cc1. The maximum atomic E-state index is 10.9. The summed E-state index contributed by atoms with van der Waals surface area (Å²) in [4.78, 5) is 10.9. The molecule has 2 rings (SSSR count). The Morgan fingerprint density at radius 2 is 1.87 bits per heavy atom. The Bertz CT molecular complexity index is 675. The minimum Gasteiger partial charge on any atom is -0.497 e. The van der Waals surface area contributed by atoms with Gasteiger partial charge >= 0.3 is 5.97 Å². The van der Waals surface area contributed by atoms with Crippen molar-refractivity contribution in [2.24, 2.45) is 0 Å². The van der Waals surface area contributed by atoms with E-state index in [0.29, 0.717) is 12.3 Å². The van der Waals surface area contributed by atoms with Crippen LogP contribution in [0.4, 0.5) is 0 Å². The zero-order chi connectivity index (χ0) is 17.0. The summed E-state index contributed by atoms with van der Waals surface area (Å²) in [5.74, 6) is 0.682. The largest absolute Gasteiger partial charge is 0.497 e. The third-order valence-corrected chi connectivity index (χ3v) is 3.61. The van der Waals surface area contributed by atoms with Gasteiger partial charge in [-0.05, 0) is 36.6 Å². The summed E-state index contributed by atoms with van der Waals surface area (Å²) in [7, 11) is 3.19. The highest BCUT2D eigenvalue weighted by Crippen LogP contribution is 2.31. The Kier molecular flexibility index (Phi) is 5.26. The fourth-order valence-electron chi connectivity index (χ4n) is 2.49. The van der Waals surface area contributed by atoms with Crippen molar-refractivity contribution in [2.75, 3.05) is 14.2 Å². The first-order valence-corrected chi connectivity index (χ1v) is 7.50. The summed E-state index contributed by atoms with van der Waals surface area (Å²) in [5.41, 5.74) is 2.55. The zero-order valence-corrected chi connectivity index (χ0v) is 13.9. The van der Waals surface area contributed by atoms with Crippen LogP contribution in [0.2, 0.25) is 0 Å². The second-order valence-corrected chi connectivity index (χ2v) is 5.53. The fraction of sp³-hybridized carbons (Fsp3) is 0.412. The number of benzene rings is 1. The molecule has 0 aliphatic rings. The number of hydrogen-bond acceptors (Lipinski definition) is 4. The predicted molar refractivity (Wildman–Crippen MR) is 86.7 cm³/mol. The van der Waals surface area contributed by atoms with Crippen LogP contribution in [0.25, 0.3) is 5.69 Å². The molecule has 0 fully saturated rings. The van der Waals surface area contributed by atoms with Gasteiger partial charge in [-0.2, -0.15) is 5.10 Å². The summed E-state index contributed by atoms with van der Waals surface area (Å²) in [5, 5.41) is 13.6. The normalized spacial score (nSPS) is 10.8. The molecule has 6 heteroatoms. The maximum Gasteiger partial charge on any atom is 0.303 e. The van der Waals surface area contributed by atoms with Crippen molar-refractivity contribution < 1.29 is 19.4 Å². The first-order valence-electron chi connectivity index (χ1n) is 7.50. The van der Waals surface area contributed by atoms with Gasteiger partial charge in [-0.1, -0.05) is 13.8 Å². The molecule has 1 aromatic carbocycles. The van der Waals surface area contributed by atoms with Crippen molar-refractivity contribution in [2.45, 2.75) is 32.6 Å². The van der Waals surface area contributed by atoms with Gasteiger partial charge in [-0.25, -0.2) is 4.68 Å². The Balaban J connectivity index is 2.49. The molecule has 2 aromatic rings. The van der Waals surface area contributed by atoms with Crippen LogP contribution < -0.4 is 9.47 Å². The average molecular weight is 318 g/mol. The minimum atomic E-state index is -0.834. The monoisotopic (exact) mass is 318 g/mol. The smallest absolute Gasteiger partial charge is 0.303 e. The topological polar surface area (TPSA) is 73.6 Å². The lowest BCUT2D eigenvalue weighted by Gasteiger charge is -2.08. The zero-order valence-electron chi connectivity index (χ0n) is 13.9. The number of carboxylic acids is 1.